The van der Waals surface area contributed by atoms with Crippen LogP contribution in [0, 0.1) is 0 Å². The van der Waals surface area contributed by atoms with Gasteiger partial charge in [0.25, 0.3) is 5.91 Å². The van der Waals surface area contributed by atoms with Crippen LogP contribution in [0.25, 0.3) is 11.1 Å². The Bertz CT molecular complexity index is 1250. The van der Waals surface area contributed by atoms with Crippen LogP contribution in [0.5, 0.6) is 0 Å². The lowest BCUT2D eigenvalue weighted by Gasteiger charge is -2.44. The van der Waals surface area contributed by atoms with Gasteiger partial charge in [-0.05, 0) is 53.6 Å². The molecule has 0 atom stereocenters. The first-order valence-corrected chi connectivity index (χ1v) is 11.5. The van der Waals surface area contributed by atoms with Gasteiger partial charge in [-0.2, -0.15) is 0 Å². The highest BCUT2D eigenvalue weighted by Gasteiger charge is 2.50. The Morgan fingerprint density at radius 2 is 1.66 bits per heavy atom. The smallest absolute Gasteiger partial charge is 0.411 e. The molecule has 178 valence electrons. The minimum absolute atomic E-state index is 0.0464. The first-order valence-electron chi connectivity index (χ1n) is 11.5. The van der Waals surface area contributed by atoms with Crippen LogP contribution in [-0.4, -0.2) is 52.2 Å². The second-order valence-electron chi connectivity index (χ2n) is 8.94. The molecule has 1 saturated carbocycles. The van der Waals surface area contributed by atoms with Crippen molar-refractivity contribution in [2.24, 2.45) is 0 Å². The number of rotatable bonds is 6. The number of carbonyl (C=O) groups excluding carboxylic acids is 2. The van der Waals surface area contributed by atoms with Gasteiger partial charge < -0.3 is 14.7 Å². The van der Waals surface area contributed by atoms with Gasteiger partial charge in [0.05, 0.1) is 11.9 Å². The maximum absolute atomic E-state index is 12.8. The number of hydrogen-bond acceptors (Lipinski definition) is 5. The van der Waals surface area contributed by atoms with Crippen molar-refractivity contribution in [3.8, 4) is 11.1 Å². The molecule has 1 fully saturated rings. The molecule has 2 aromatic carbocycles. The summed E-state index contributed by atoms with van der Waals surface area (Å²) >= 11 is 0. The number of fused-ring (bicyclic) bond motifs is 3. The van der Waals surface area contributed by atoms with E-state index in [-0.39, 0.29) is 18.2 Å². The second-order valence-corrected chi connectivity index (χ2v) is 8.94. The van der Waals surface area contributed by atoms with Crippen LogP contribution in [0.1, 0.15) is 46.8 Å². The normalized spacial score (nSPS) is 15.3. The van der Waals surface area contributed by atoms with Crippen molar-refractivity contribution in [3.63, 3.8) is 0 Å². The molecule has 0 spiro atoms. The molecule has 1 heterocycles. The zero-order chi connectivity index (χ0) is 24.6. The van der Waals surface area contributed by atoms with E-state index in [1.54, 1.807) is 6.07 Å². The number of carboxylic acid groups (broad SMARTS) is 1. The highest BCUT2D eigenvalue weighted by molar-refractivity contribution is 5.97. The molecule has 2 aliphatic rings. The monoisotopic (exact) mass is 471 g/mol. The maximum Gasteiger partial charge on any atom is 0.411 e. The predicted molar refractivity (Wildman–Crippen MR) is 129 cm³/mol. The number of benzene rings is 2. The largest absolute Gasteiger partial charge is 0.479 e. The van der Waals surface area contributed by atoms with Crippen molar-refractivity contribution < 1.29 is 24.2 Å². The van der Waals surface area contributed by atoms with E-state index in [0.29, 0.717) is 18.5 Å². The van der Waals surface area contributed by atoms with E-state index in [4.69, 9.17) is 4.74 Å². The van der Waals surface area contributed by atoms with E-state index in [0.717, 1.165) is 28.7 Å². The molecule has 2 N–H and O–H groups in total. The lowest BCUT2D eigenvalue weighted by molar-refractivity contribution is -0.154. The molecule has 5 rings (SSSR count). The summed E-state index contributed by atoms with van der Waals surface area (Å²) in [6.07, 6.45) is 2.35. The number of ether oxygens (including phenoxy) is 1. The summed E-state index contributed by atoms with van der Waals surface area (Å²) in [5.41, 5.74) is 3.87. The van der Waals surface area contributed by atoms with Gasteiger partial charge in [0, 0.05) is 13.0 Å². The minimum atomic E-state index is -1.17. The summed E-state index contributed by atoms with van der Waals surface area (Å²) in [6.45, 7) is 0.186. The first kappa shape index (κ1) is 22.6. The molecule has 0 aliphatic heterocycles. The number of hydrogen-bond donors (Lipinski definition) is 2. The van der Waals surface area contributed by atoms with Crippen LogP contribution < -0.4 is 5.32 Å². The van der Waals surface area contributed by atoms with Crippen LogP contribution in [0.15, 0.2) is 66.9 Å². The minimum Gasteiger partial charge on any atom is -0.479 e. The number of carboxylic acids is 1. The van der Waals surface area contributed by atoms with Crippen molar-refractivity contribution in [2.75, 3.05) is 19.0 Å². The van der Waals surface area contributed by atoms with Crippen LogP contribution in [0.2, 0.25) is 0 Å². The molecule has 3 aromatic rings. The highest BCUT2D eigenvalue weighted by Crippen LogP contribution is 2.44. The number of pyridine rings is 1. The third-order valence-electron chi connectivity index (χ3n) is 7.10. The van der Waals surface area contributed by atoms with E-state index in [1.807, 2.05) is 24.3 Å². The molecule has 8 heteroatoms. The SMILES string of the molecule is CN(C(=O)c1ccc(NC(=O)OCC2c3ccccc3-c3ccccc32)cn1)C1(C(=O)O)CCC1. The Kier molecular flexibility index (Phi) is 5.72. The van der Waals surface area contributed by atoms with Gasteiger partial charge in [0.1, 0.15) is 17.8 Å². The fraction of sp³-hybridized carbons (Fsp3) is 0.259. The van der Waals surface area contributed by atoms with E-state index < -0.39 is 23.5 Å². The number of nitrogens with zero attached hydrogens (tertiary/aromatic N) is 2. The third-order valence-corrected chi connectivity index (χ3v) is 7.10. The molecule has 0 radical (unpaired) electrons. The predicted octanol–water partition coefficient (Wildman–Crippen LogP) is 4.52. The molecular weight excluding hydrogens is 446 g/mol. The summed E-state index contributed by atoms with van der Waals surface area (Å²) in [7, 11) is 1.49. The van der Waals surface area contributed by atoms with Gasteiger partial charge in [0.2, 0.25) is 0 Å². The van der Waals surface area contributed by atoms with Crippen molar-refractivity contribution >= 4 is 23.7 Å². The fourth-order valence-electron chi connectivity index (χ4n) is 4.92. The van der Waals surface area contributed by atoms with Gasteiger partial charge in [-0.3, -0.25) is 10.1 Å². The second kappa shape index (κ2) is 8.87. The van der Waals surface area contributed by atoms with Crippen LogP contribution in [-0.2, 0) is 9.53 Å². The number of amides is 2. The third kappa shape index (κ3) is 3.90. The highest BCUT2D eigenvalue weighted by atomic mass is 16.5. The molecule has 0 bridgehead atoms. The summed E-state index contributed by atoms with van der Waals surface area (Å²) in [4.78, 5) is 42.3. The maximum atomic E-state index is 12.8. The Morgan fingerprint density at radius 3 is 2.17 bits per heavy atom. The number of aromatic nitrogens is 1. The molecule has 2 amide bonds. The average Bonchev–Trinajstić information content (AvgIpc) is 3.15. The Morgan fingerprint density at radius 1 is 1.03 bits per heavy atom. The van der Waals surface area contributed by atoms with Crippen molar-refractivity contribution in [1.82, 2.24) is 9.88 Å². The number of anilines is 1. The summed E-state index contributed by atoms with van der Waals surface area (Å²) in [5, 5.41) is 12.2. The molecule has 35 heavy (non-hydrogen) atoms. The number of nitrogens with one attached hydrogen (secondary N) is 1. The van der Waals surface area contributed by atoms with Gasteiger partial charge in [-0.15, -0.1) is 0 Å². The zero-order valence-corrected chi connectivity index (χ0v) is 19.2. The molecule has 2 aliphatic carbocycles. The summed E-state index contributed by atoms with van der Waals surface area (Å²) in [5.74, 6) is -1.53. The van der Waals surface area contributed by atoms with Crippen molar-refractivity contribution in [3.05, 3.63) is 83.7 Å². The first-order chi connectivity index (χ1) is 16.9. The van der Waals surface area contributed by atoms with Crippen molar-refractivity contribution in [1.29, 1.82) is 0 Å². The van der Waals surface area contributed by atoms with Gasteiger partial charge in [-0.25, -0.2) is 14.6 Å². The zero-order valence-electron chi connectivity index (χ0n) is 19.2. The lowest BCUT2D eigenvalue weighted by Crippen LogP contribution is -2.59. The number of likely N-dealkylation sites (N-methyl/N-ethyl adjacent to an activating group) is 1. The van der Waals surface area contributed by atoms with E-state index in [2.05, 4.69) is 34.6 Å². The quantitative estimate of drug-likeness (QED) is 0.547. The number of carbonyl (C=O) groups is 3. The van der Waals surface area contributed by atoms with Gasteiger partial charge >= 0.3 is 12.1 Å². The van der Waals surface area contributed by atoms with E-state index >= 15 is 0 Å². The summed E-state index contributed by atoms with van der Waals surface area (Å²) in [6, 6.07) is 19.2. The molecule has 1 aromatic heterocycles. The Hall–Kier alpha value is -4.20. The fourth-order valence-corrected chi connectivity index (χ4v) is 4.92. The number of aliphatic carboxylic acids is 1. The van der Waals surface area contributed by atoms with Crippen LogP contribution in [0.3, 0.4) is 0 Å². The Balaban J connectivity index is 1.21. The van der Waals surface area contributed by atoms with E-state index in [1.165, 1.54) is 24.2 Å². The molecule has 0 unspecified atom stereocenters. The molecule has 8 nitrogen and oxygen atoms in total. The molecule has 0 saturated heterocycles. The van der Waals surface area contributed by atoms with E-state index in [9.17, 15) is 19.5 Å². The average molecular weight is 472 g/mol. The standard InChI is InChI=1S/C27H25N3O5/c1-30(27(25(32)33)13-6-14-27)24(31)23-12-11-17(15-28-23)29-26(34)35-16-22-20-9-4-2-7-18(20)19-8-3-5-10-21(19)22/h2-5,7-12,15,22H,6,13-14,16H2,1H3,(H,29,34)(H,32,33). The molecular formula is C27H25N3O5. The Labute approximate surface area is 202 Å². The topological polar surface area (TPSA) is 109 Å². The van der Waals surface area contributed by atoms with Crippen LogP contribution >= 0.6 is 0 Å². The summed E-state index contributed by atoms with van der Waals surface area (Å²) < 4.78 is 5.53. The van der Waals surface area contributed by atoms with Gasteiger partial charge in [0.15, 0.2) is 0 Å². The van der Waals surface area contributed by atoms with Gasteiger partial charge in [-0.1, -0.05) is 48.5 Å². The lowest BCUT2D eigenvalue weighted by atomic mass is 9.75. The van der Waals surface area contributed by atoms with Crippen LogP contribution in [0.4, 0.5) is 10.5 Å². The van der Waals surface area contributed by atoms with Crippen molar-refractivity contribution in [2.45, 2.75) is 30.7 Å².